The van der Waals surface area contributed by atoms with E-state index in [1.54, 1.807) is 0 Å². The van der Waals surface area contributed by atoms with Crippen LogP contribution in [-0.4, -0.2) is 11.7 Å². The van der Waals surface area contributed by atoms with E-state index in [0.29, 0.717) is 0 Å². The second-order valence-electron chi connectivity index (χ2n) is 2.71. The summed E-state index contributed by atoms with van der Waals surface area (Å²) in [5, 5.41) is 0. The van der Waals surface area contributed by atoms with Crippen molar-refractivity contribution in [2.45, 2.75) is 39.5 Å². The molecule has 13 heavy (non-hydrogen) atoms. The fraction of sp³-hybridized carbons (Fsp3) is 0.700. The zero-order valence-electron chi connectivity index (χ0n) is 8.41. The molecular formula is C10H18O2S. The molecule has 0 bridgehead atoms. The van der Waals surface area contributed by atoms with E-state index >= 15 is 0 Å². The first-order chi connectivity index (χ1) is 6.31. The average Bonchev–Trinajstić information content (AvgIpc) is 2.14. The highest BCUT2D eigenvalue weighted by atomic mass is 32.2. The smallest absolute Gasteiger partial charge is 0.342 e. The van der Waals surface area contributed by atoms with E-state index in [1.807, 2.05) is 13.0 Å². The molecule has 2 nitrogen and oxygen atoms in total. The van der Waals surface area contributed by atoms with Crippen molar-refractivity contribution >= 4 is 18.0 Å². The van der Waals surface area contributed by atoms with E-state index in [0.717, 1.165) is 18.6 Å². The van der Waals surface area contributed by atoms with Gasteiger partial charge in [0.2, 0.25) is 0 Å². The predicted octanol–water partition coefficient (Wildman–Crippen LogP) is 3.33. The van der Waals surface area contributed by atoms with Gasteiger partial charge in [0.25, 0.3) is 0 Å². The van der Waals surface area contributed by atoms with Crippen molar-refractivity contribution in [3.05, 3.63) is 12.2 Å². The number of carbonyl (C=O) groups is 1. The van der Waals surface area contributed by atoms with Crippen molar-refractivity contribution in [3.8, 4) is 0 Å². The summed E-state index contributed by atoms with van der Waals surface area (Å²) in [5.74, 6) is 0.554. The van der Waals surface area contributed by atoms with Crippen LogP contribution >= 0.6 is 12.0 Å². The summed E-state index contributed by atoms with van der Waals surface area (Å²) in [4.78, 5) is 10.9. The molecule has 0 rings (SSSR count). The van der Waals surface area contributed by atoms with Crippen molar-refractivity contribution in [2.24, 2.45) is 0 Å². The molecule has 0 atom stereocenters. The number of hydrogen-bond donors (Lipinski definition) is 0. The summed E-state index contributed by atoms with van der Waals surface area (Å²) in [6, 6.07) is 0. The molecule has 0 N–H and O–H groups in total. The van der Waals surface area contributed by atoms with Crippen molar-refractivity contribution in [3.63, 3.8) is 0 Å². The molecule has 0 aromatic heterocycles. The van der Waals surface area contributed by atoms with Gasteiger partial charge in [0, 0.05) is 11.8 Å². The molecule has 0 spiro atoms. The lowest BCUT2D eigenvalue weighted by Gasteiger charge is -1.95. The summed E-state index contributed by atoms with van der Waals surface area (Å²) < 4.78 is 4.79. The number of unbranched alkanes of at least 4 members (excludes halogenated alkanes) is 3. The quantitative estimate of drug-likeness (QED) is 0.360. The van der Waals surface area contributed by atoms with Gasteiger partial charge in [-0.15, -0.1) is 0 Å². The van der Waals surface area contributed by atoms with Crippen LogP contribution in [0.2, 0.25) is 0 Å². The van der Waals surface area contributed by atoms with Crippen LogP contribution in [0.3, 0.4) is 0 Å². The average molecular weight is 202 g/mol. The standard InChI is InChI=1S/C10H18O2S/c1-3-5-6-7-8-9-10(11)12-13-4-2/h8-9H,3-7H2,1-2H3/b9-8+. The van der Waals surface area contributed by atoms with Crippen molar-refractivity contribution in [1.82, 2.24) is 0 Å². The first kappa shape index (κ1) is 12.6. The largest absolute Gasteiger partial charge is 0.388 e. The molecule has 0 saturated carbocycles. The van der Waals surface area contributed by atoms with E-state index < -0.39 is 0 Å². The summed E-state index contributed by atoms with van der Waals surface area (Å²) in [6.45, 7) is 4.11. The monoisotopic (exact) mass is 202 g/mol. The maximum Gasteiger partial charge on any atom is 0.342 e. The minimum atomic E-state index is -0.247. The first-order valence-electron chi connectivity index (χ1n) is 4.81. The van der Waals surface area contributed by atoms with E-state index in [-0.39, 0.29) is 5.97 Å². The second kappa shape index (κ2) is 9.65. The number of carbonyl (C=O) groups excluding carboxylic acids is 1. The van der Waals surface area contributed by atoms with Crippen LogP contribution in [0.15, 0.2) is 12.2 Å². The molecule has 0 radical (unpaired) electrons. The zero-order valence-corrected chi connectivity index (χ0v) is 9.23. The lowest BCUT2D eigenvalue weighted by atomic mass is 10.2. The van der Waals surface area contributed by atoms with Gasteiger partial charge in [0.1, 0.15) is 0 Å². The van der Waals surface area contributed by atoms with Crippen molar-refractivity contribution in [1.29, 1.82) is 0 Å². The summed E-state index contributed by atoms with van der Waals surface area (Å²) in [7, 11) is 0. The molecule has 76 valence electrons. The van der Waals surface area contributed by atoms with Gasteiger partial charge in [0.05, 0.1) is 12.0 Å². The van der Waals surface area contributed by atoms with E-state index in [1.165, 1.54) is 31.0 Å². The topological polar surface area (TPSA) is 26.3 Å². The minimum absolute atomic E-state index is 0.247. The number of hydrogen-bond acceptors (Lipinski definition) is 3. The fourth-order valence-corrected chi connectivity index (χ4v) is 1.13. The minimum Gasteiger partial charge on any atom is -0.388 e. The summed E-state index contributed by atoms with van der Waals surface area (Å²) >= 11 is 1.18. The Morgan fingerprint density at radius 1 is 1.38 bits per heavy atom. The third kappa shape index (κ3) is 9.47. The molecule has 0 fully saturated rings. The number of rotatable bonds is 7. The van der Waals surface area contributed by atoms with Crippen LogP contribution in [0, 0.1) is 0 Å². The Labute approximate surface area is 84.9 Å². The predicted molar refractivity (Wildman–Crippen MR) is 57.5 cm³/mol. The van der Waals surface area contributed by atoms with Gasteiger partial charge in [-0.1, -0.05) is 32.8 Å². The highest BCUT2D eigenvalue weighted by molar-refractivity contribution is 7.95. The molecule has 3 heteroatoms. The normalized spacial score (nSPS) is 10.6. The Bertz CT molecular complexity index is 155. The van der Waals surface area contributed by atoms with Crippen LogP contribution in [0.5, 0.6) is 0 Å². The summed E-state index contributed by atoms with van der Waals surface area (Å²) in [6.07, 6.45) is 7.96. The van der Waals surface area contributed by atoms with E-state index in [4.69, 9.17) is 4.18 Å². The highest BCUT2D eigenvalue weighted by Crippen LogP contribution is 2.03. The molecule has 0 amide bonds. The van der Waals surface area contributed by atoms with Gasteiger partial charge in [0.15, 0.2) is 0 Å². The fourth-order valence-electron chi connectivity index (χ4n) is 0.837. The van der Waals surface area contributed by atoms with Gasteiger partial charge in [-0.25, -0.2) is 4.79 Å². The van der Waals surface area contributed by atoms with Crippen LogP contribution in [0.4, 0.5) is 0 Å². The second-order valence-corrected chi connectivity index (χ2v) is 3.69. The van der Waals surface area contributed by atoms with E-state index in [2.05, 4.69) is 6.92 Å². The first-order valence-corrected chi connectivity index (χ1v) is 5.72. The Morgan fingerprint density at radius 3 is 2.77 bits per heavy atom. The van der Waals surface area contributed by atoms with Crippen LogP contribution in [0.1, 0.15) is 39.5 Å². The molecule has 0 heterocycles. The molecule has 0 unspecified atom stereocenters. The Morgan fingerprint density at radius 2 is 2.15 bits per heavy atom. The third-order valence-corrected chi connectivity index (χ3v) is 2.01. The third-order valence-electron chi connectivity index (χ3n) is 1.49. The SMILES string of the molecule is CCCCC/C=C/C(=O)OSCC. The lowest BCUT2D eigenvalue weighted by molar-refractivity contribution is -0.127. The lowest BCUT2D eigenvalue weighted by Crippen LogP contribution is -1.92. The maximum absolute atomic E-state index is 10.9. The molecular weight excluding hydrogens is 184 g/mol. The van der Waals surface area contributed by atoms with Gasteiger partial charge < -0.3 is 4.18 Å². The van der Waals surface area contributed by atoms with Gasteiger partial charge in [-0.3, -0.25) is 0 Å². The number of allylic oxidation sites excluding steroid dienone is 1. The highest BCUT2D eigenvalue weighted by Gasteiger charge is 1.94. The van der Waals surface area contributed by atoms with Crippen LogP contribution in [-0.2, 0) is 8.98 Å². The zero-order chi connectivity index (χ0) is 9.94. The molecule has 0 aliphatic carbocycles. The molecule has 0 aromatic rings. The Hall–Kier alpha value is -0.440. The van der Waals surface area contributed by atoms with Gasteiger partial charge >= 0.3 is 5.97 Å². The van der Waals surface area contributed by atoms with Gasteiger partial charge in [-0.2, -0.15) is 0 Å². The van der Waals surface area contributed by atoms with E-state index in [9.17, 15) is 4.79 Å². The van der Waals surface area contributed by atoms with Gasteiger partial charge in [-0.05, 0) is 12.8 Å². The maximum atomic E-state index is 10.9. The Kier molecular flexibility index (Phi) is 9.32. The molecule has 0 aromatic carbocycles. The van der Waals surface area contributed by atoms with Crippen LogP contribution in [0.25, 0.3) is 0 Å². The Balaban J connectivity index is 3.31. The van der Waals surface area contributed by atoms with Crippen molar-refractivity contribution < 1.29 is 8.98 Å². The van der Waals surface area contributed by atoms with Crippen molar-refractivity contribution in [2.75, 3.05) is 5.75 Å². The summed E-state index contributed by atoms with van der Waals surface area (Å²) in [5.41, 5.74) is 0. The molecule has 0 aliphatic rings. The molecule has 0 saturated heterocycles. The van der Waals surface area contributed by atoms with Crippen LogP contribution < -0.4 is 0 Å². The molecule has 0 aliphatic heterocycles.